The van der Waals surface area contributed by atoms with Crippen LogP contribution in [0, 0.1) is 12.7 Å². The third kappa shape index (κ3) is 4.35. The van der Waals surface area contributed by atoms with Crippen LogP contribution in [-0.4, -0.2) is 22.6 Å². The van der Waals surface area contributed by atoms with Gasteiger partial charge in [0.1, 0.15) is 18.2 Å². The van der Waals surface area contributed by atoms with Gasteiger partial charge in [0.05, 0.1) is 5.92 Å². The van der Waals surface area contributed by atoms with E-state index in [2.05, 4.69) is 10.1 Å². The summed E-state index contributed by atoms with van der Waals surface area (Å²) in [4.78, 5) is 18.7. The molecule has 166 valence electrons. The number of nitrogens with zero attached hydrogens (tertiary/aromatic N) is 3. The Balaban J connectivity index is 1.26. The number of hydrogen-bond donors (Lipinski definition) is 0. The summed E-state index contributed by atoms with van der Waals surface area (Å²) in [5.41, 5.74) is 2.91. The van der Waals surface area contributed by atoms with Crippen LogP contribution in [0.15, 0.2) is 77.3 Å². The van der Waals surface area contributed by atoms with Gasteiger partial charge in [0.25, 0.3) is 0 Å². The molecule has 1 fully saturated rings. The van der Waals surface area contributed by atoms with Crippen LogP contribution >= 0.6 is 0 Å². The lowest BCUT2D eigenvalue weighted by molar-refractivity contribution is -0.117. The second-order valence-corrected chi connectivity index (χ2v) is 8.04. The van der Waals surface area contributed by atoms with Crippen molar-refractivity contribution in [2.24, 2.45) is 0 Å². The molecule has 0 radical (unpaired) electrons. The first-order chi connectivity index (χ1) is 16.1. The van der Waals surface area contributed by atoms with E-state index in [9.17, 15) is 9.18 Å². The molecule has 0 saturated carbocycles. The van der Waals surface area contributed by atoms with Crippen LogP contribution in [0.25, 0.3) is 11.4 Å². The minimum absolute atomic E-state index is 0.0895. The van der Waals surface area contributed by atoms with E-state index in [0.29, 0.717) is 36.1 Å². The summed E-state index contributed by atoms with van der Waals surface area (Å²) in [5, 5.41) is 4.09. The van der Waals surface area contributed by atoms with E-state index in [1.54, 1.807) is 24.0 Å². The molecule has 3 aromatic carbocycles. The molecule has 4 aromatic rings. The molecule has 1 aromatic heterocycles. The van der Waals surface area contributed by atoms with Gasteiger partial charge in [-0.25, -0.2) is 4.39 Å². The lowest BCUT2D eigenvalue weighted by Gasteiger charge is -2.18. The van der Waals surface area contributed by atoms with Crippen LogP contribution in [0.3, 0.4) is 0 Å². The number of carbonyl (C=O) groups excluding carboxylic acids is 1. The van der Waals surface area contributed by atoms with E-state index in [4.69, 9.17) is 9.26 Å². The molecule has 0 bridgehead atoms. The first-order valence-corrected chi connectivity index (χ1v) is 10.7. The van der Waals surface area contributed by atoms with E-state index in [1.165, 1.54) is 6.07 Å². The Morgan fingerprint density at radius 1 is 1.06 bits per heavy atom. The van der Waals surface area contributed by atoms with Crippen molar-refractivity contribution in [1.29, 1.82) is 0 Å². The minimum Gasteiger partial charge on any atom is -0.489 e. The van der Waals surface area contributed by atoms with Crippen molar-refractivity contribution in [3.63, 3.8) is 0 Å². The Labute approximate surface area is 190 Å². The second kappa shape index (κ2) is 8.86. The summed E-state index contributed by atoms with van der Waals surface area (Å²) < 4.78 is 25.2. The standard InChI is InChI=1S/C26H22FN3O3/c1-17-22(27)8-5-9-23(17)30-15-20(14-24(30)31)26-28-25(29-33-26)19-10-12-21(13-11-19)32-16-18-6-3-2-4-7-18/h2-13,20H,14-16H2,1H3. The highest BCUT2D eigenvalue weighted by Crippen LogP contribution is 2.34. The maximum Gasteiger partial charge on any atom is 0.232 e. The Morgan fingerprint density at radius 2 is 1.85 bits per heavy atom. The van der Waals surface area contributed by atoms with E-state index >= 15 is 0 Å². The molecule has 1 aliphatic heterocycles. The maximum atomic E-state index is 13.9. The van der Waals surface area contributed by atoms with E-state index < -0.39 is 0 Å². The number of anilines is 1. The van der Waals surface area contributed by atoms with Gasteiger partial charge < -0.3 is 14.2 Å². The number of rotatable bonds is 6. The molecular formula is C26H22FN3O3. The summed E-state index contributed by atoms with van der Waals surface area (Å²) in [6.07, 6.45) is 0.240. The molecule has 0 N–H and O–H groups in total. The largest absolute Gasteiger partial charge is 0.489 e. The van der Waals surface area contributed by atoms with E-state index in [-0.39, 0.29) is 24.1 Å². The smallest absolute Gasteiger partial charge is 0.232 e. The number of amides is 1. The van der Waals surface area contributed by atoms with Gasteiger partial charge >= 0.3 is 0 Å². The number of carbonyl (C=O) groups is 1. The topological polar surface area (TPSA) is 68.5 Å². The fourth-order valence-electron chi connectivity index (χ4n) is 3.95. The zero-order valence-electron chi connectivity index (χ0n) is 18.1. The first-order valence-electron chi connectivity index (χ1n) is 10.7. The second-order valence-electron chi connectivity index (χ2n) is 8.04. The molecule has 1 saturated heterocycles. The van der Waals surface area contributed by atoms with Gasteiger partial charge in [0.15, 0.2) is 0 Å². The minimum atomic E-state index is -0.333. The lowest BCUT2D eigenvalue weighted by atomic mass is 10.1. The molecule has 1 unspecified atom stereocenters. The normalized spacial score (nSPS) is 15.8. The average molecular weight is 443 g/mol. The fraction of sp³-hybridized carbons (Fsp3) is 0.192. The van der Waals surface area contributed by atoms with Gasteiger partial charge in [-0.2, -0.15) is 4.98 Å². The van der Waals surface area contributed by atoms with Crippen molar-refractivity contribution in [3.8, 4) is 17.1 Å². The lowest BCUT2D eigenvalue weighted by Crippen LogP contribution is -2.25. The van der Waals surface area contributed by atoms with Crippen molar-refractivity contribution in [1.82, 2.24) is 10.1 Å². The molecule has 0 spiro atoms. The maximum absolute atomic E-state index is 13.9. The Kier molecular flexibility index (Phi) is 5.60. The summed E-state index contributed by atoms with van der Waals surface area (Å²) >= 11 is 0. The zero-order chi connectivity index (χ0) is 22.8. The molecule has 5 rings (SSSR count). The highest BCUT2D eigenvalue weighted by atomic mass is 19.1. The number of halogens is 1. The first kappa shape index (κ1) is 20.9. The van der Waals surface area contributed by atoms with Crippen molar-refractivity contribution < 1.29 is 18.4 Å². The van der Waals surface area contributed by atoms with Crippen LogP contribution in [0.1, 0.15) is 29.4 Å². The fourth-order valence-corrected chi connectivity index (χ4v) is 3.95. The number of aromatic nitrogens is 2. The van der Waals surface area contributed by atoms with E-state index in [0.717, 1.165) is 16.9 Å². The van der Waals surface area contributed by atoms with Gasteiger partial charge in [0.2, 0.25) is 17.6 Å². The van der Waals surface area contributed by atoms with Crippen molar-refractivity contribution in [2.45, 2.75) is 25.9 Å². The number of hydrogen-bond acceptors (Lipinski definition) is 5. The molecule has 1 amide bonds. The quantitative estimate of drug-likeness (QED) is 0.405. The van der Waals surface area contributed by atoms with E-state index in [1.807, 2.05) is 54.6 Å². The molecule has 6 nitrogen and oxygen atoms in total. The van der Waals surface area contributed by atoms with Gasteiger partial charge in [-0.1, -0.05) is 41.6 Å². The van der Waals surface area contributed by atoms with Crippen molar-refractivity contribution in [3.05, 3.63) is 95.6 Å². The van der Waals surface area contributed by atoms with Crippen LogP contribution in [0.2, 0.25) is 0 Å². The molecule has 2 heterocycles. The van der Waals surface area contributed by atoms with Gasteiger partial charge in [-0.3, -0.25) is 4.79 Å². The molecule has 1 atom stereocenters. The molecule has 0 aliphatic carbocycles. The molecule has 7 heteroatoms. The average Bonchev–Trinajstić information content (AvgIpc) is 3.48. The van der Waals surface area contributed by atoms with Crippen molar-refractivity contribution >= 4 is 11.6 Å². The zero-order valence-corrected chi connectivity index (χ0v) is 18.1. The van der Waals surface area contributed by atoms with Gasteiger partial charge in [-0.05, 0) is 48.9 Å². The van der Waals surface area contributed by atoms with Crippen LogP contribution < -0.4 is 9.64 Å². The van der Waals surface area contributed by atoms with Gasteiger partial charge in [-0.15, -0.1) is 0 Å². The summed E-state index contributed by atoms with van der Waals surface area (Å²) in [7, 11) is 0. The SMILES string of the molecule is Cc1c(F)cccc1N1CC(c2nc(-c3ccc(OCc4ccccc4)cc3)no2)CC1=O. The monoisotopic (exact) mass is 443 g/mol. The third-order valence-electron chi connectivity index (χ3n) is 5.81. The highest BCUT2D eigenvalue weighted by Gasteiger charge is 2.36. The summed E-state index contributed by atoms with van der Waals surface area (Å²) in [6, 6.07) is 22.2. The summed E-state index contributed by atoms with van der Waals surface area (Å²) in [5.74, 6) is 0.934. The van der Waals surface area contributed by atoms with Crippen LogP contribution in [0.5, 0.6) is 5.75 Å². The molecule has 1 aliphatic rings. The molecule has 33 heavy (non-hydrogen) atoms. The Morgan fingerprint density at radius 3 is 2.64 bits per heavy atom. The molecular weight excluding hydrogens is 421 g/mol. The number of benzene rings is 3. The van der Waals surface area contributed by atoms with Crippen LogP contribution in [-0.2, 0) is 11.4 Å². The predicted octanol–water partition coefficient (Wildman–Crippen LogP) is 5.28. The Hall–Kier alpha value is -4.00. The number of ether oxygens (including phenoxy) is 1. The summed E-state index contributed by atoms with van der Waals surface area (Å²) in [6.45, 7) is 2.53. The van der Waals surface area contributed by atoms with Crippen molar-refractivity contribution in [2.75, 3.05) is 11.4 Å². The predicted molar refractivity (Wildman–Crippen MR) is 121 cm³/mol. The highest BCUT2D eigenvalue weighted by molar-refractivity contribution is 5.97. The van der Waals surface area contributed by atoms with Crippen LogP contribution in [0.4, 0.5) is 10.1 Å². The van der Waals surface area contributed by atoms with Gasteiger partial charge in [0, 0.05) is 29.8 Å². The Bertz CT molecular complexity index is 1270. The third-order valence-corrected chi connectivity index (χ3v) is 5.81.